The number of hydrogen-bond donors (Lipinski definition) is 1. The molecule has 2 fully saturated rings. The van der Waals surface area contributed by atoms with Crippen LogP contribution < -0.4 is 5.73 Å². The van der Waals surface area contributed by atoms with Crippen molar-refractivity contribution in [1.29, 1.82) is 0 Å². The molecule has 1 aromatic rings. The molecule has 3 rings (SSSR count). The third-order valence-corrected chi connectivity index (χ3v) is 3.72. The molecule has 2 N–H and O–H groups in total. The summed E-state index contributed by atoms with van der Waals surface area (Å²) in [6.07, 6.45) is 8.15. The highest BCUT2D eigenvalue weighted by molar-refractivity contribution is 4.99. The van der Waals surface area contributed by atoms with Gasteiger partial charge in [0.2, 0.25) is 5.89 Å². The smallest absolute Gasteiger partial charge is 0.229 e. The first-order chi connectivity index (χ1) is 7.81. The monoisotopic (exact) mass is 221 g/mol. The fourth-order valence-corrected chi connectivity index (χ4v) is 2.55. The fourth-order valence-electron chi connectivity index (χ4n) is 2.55. The molecule has 0 aromatic carbocycles. The molecular weight excluding hydrogens is 202 g/mol. The highest BCUT2D eigenvalue weighted by Gasteiger charge is 2.27. The Bertz CT molecular complexity index is 359. The van der Waals surface area contributed by atoms with Gasteiger partial charge in [-0.2, -0.15) is 4.98 Å². The van der Waals surface area contributed by atoms with Crippen molar-refractivity contribution in [2.75, 3.05) is 0 Å². The zero-order valence-corrected chi connectivity index (χ0v) is 9.56. The van der Waals surface area contributed by atoms with Crippen LogP contribution in [0.3, 0.4) is 0 Å². The number of rotatable bonds is 3. The molecule has 2 atom stereocenters. The van der Waals surface area contributed by atoms with Gasteiger partial charge in [-0.05, 0) is 38.0 Å². The van der Waals surface area contributed by atoms with Gasteiger partial charge in [-0.25, -0.2) is 0 Å². The average Bonchev–Trinajstić information content (AvgIpc) is 2.94. The lowest BCUT2D eigenvalue weighted by atomic mass is 9.86. The maximum atomic E-state index is 5.97. The van der Waals surface area contributed by atoms with Gasteiger partial charge in [0.1, 0.15) is 0 Å². The van der Waals surface area contributed by atoms with Gasteiger partial charge in [0.05, 0.1) is 0 Å². The SMILES string of the molecule is NC1CCCC(c2nc(CC3CC3)no2)C1. The number of hydrogen-bond acceptors (Lipinski definition) is 4. The van der Waals surface area contributed by atoms with Crippen molar-refractivity contribution in [3.63, 3.8) is 0 Å². The van der Waals surface area contributed by atoms with Gasteiger partial charge in [0.15, 0.2) is 5.82 Å². The van der Waals surface area contributed by atoms with Crippen LogP contribution in [-0.4, -0.2) is 16.2 Å². The summed E-state index contributed by atoms with van der Waals surface area (Å²) in [5.41, 5.74) is 5.97. The van der Waals surface area contributed by atoms with Crippen LogP contribution in [-0.2, 0) is 6.42 Å². The van der Waals surface area contributed by atoms with Crippen molar-refractivity contribution in [2.45, 2.75) is 56.9 Å². The molecule has 2 aliphatic rings. The second-order valence-electron chi connectivity index (χ2n) is 5.32. The molecule has 16 heavy (non-hydrogen) atoms. The molecule has 4 heteroatoms. The van der Waals surface area contributed by atoms with Crippen LogP contribution in [0.1, 0.15) is 56.2 Å². The third kappa shape index (κ3) is 2.26. The molecular formula is C12H19N3O. The Morgan fingerprint density at radius 2 is 2.12 bits per heavy atom. The third-order valence-electron chi connectivity index (χ3n) is 3.72. The Labute approximate surface area is 95.6 Å². The molecule has 0 spiro atoms. The van der Waals surface area contributed by atoms with Gasteiger partial charge < -0.3 is 10.3 Å². The van der Waals surface area contributed by atoms with Crippen LogP contribution in [0, 0.1) is 5.92 Å². The van der Waals surface area contributed by atoms with E-state index in [9.17, 15) is 0 Å². The van der Waals surface area contributed by atoms with Gasteiger partial charge in [-0.15, -0.1) is 0 Å². The summed E-state index contributed by atoms with van der Waals surface area (Å²) in [5, 5.41) is 4.07. The quantitative estimate of drug-likeness (QED) is 0.848. The Morgan fingerprint density at radius 3 is 2.88 bits per heavy atom. The first-order valence-electron chi connectivity index (χ1n) is 6.39. The zero-order valence-electron chi connectivity index (χ0n) is 9.56. The van der Waals surface area contributed by atoms with Gasteiger partial charge in [-0.1, -0.05) is 11.6 Å². The predicted octanol–water partition coefficient (Wildman–Crippen LogP) is 2.01. The average molecular weight is 221 g/mol. The molecule has 1 heterocycles. The fraction of sp³-hybridized carbons (Fsp3) is 0.833. The summed E-state index contributed by atoms with van der Waals surface area (Å²) in [6, 6.07) is 0.317. The molecule has 2 aliphatic carbocycles. The van der Waals surface area contributed by atoms with E-state index in [2.05, 4.69) is 10.1 Å². The van der Waals surface area contributed by atoms with Crippen LogP contribution >= 0.6 is 0 Å². The first kappa shape index (κ1) is 10.3. The van der Waals surface area contributed by atoms with E-state index >= 15 is 0 Å². The Balaban J connectivity index is 1.65. The van der Waals surface area contributed by atoms with Crippen LogP contribution in [0.5, 0.6) is 0 Å². The maximum absolute atomic E-state index is 5.97. The largest absolute Gasteiger partial charge is 0.339 e. The summed E-state index contributed by atoms with van der Waals surface area (Å²) in [5.74, 6) is 2.95. The van der Waals surface area contributed by atoms with Crippen LogP contribution in [0.4, 0.5) is 0 Å². The molecule has 0 aliphatic heterocycles. The highest BCUT2D eigenvalue weighted by Crippen LogP contribution is 2.34. The van der Waals surface area contributed by atoms with Crippen LogP contribution in [0.15, 0.2) is 4.52 Å². The summed E-state index contributed by atoms with van der Waals surface area (Å²) < 4.78 is 5.36. The summed E-state index contributed by atoms with van der Waals surface area (Å²) in [4.78, 5) is 4.52. The van der Waals surface area contributed by atoms with E-state index in [4.69, 9.17) is 10.3 Å². The zero-order chi connectivity index (χ0) is 11.0. The van der Waals surface area contributed by atoms with Gasteiger partial charge >= 0.3 is 0 Å². The second kappa shape index (κ2) is 4.17. The number of nitrogens with two attached hydrogens (primary N) is 1. The Kier molecular flexibility index (Phi) is 2.67. The lowest BCUT2D eigenvalue weighted by Crippen LogP contribution is -2.26. The summed E-state index contributed by atoms with van der Waals surface area (Å²) in [6.45, 7) is 0. The molecule has 0 radical (unpaired) electrons. The molecule has 2 unspecified atom stereocenters. The molecule has 4 nitrogen and oxygen atoms in total. The van der Waals surface area contributed by atoms with E-state index in [0.717, 1.165) is 43.3 Å². The van der Waals surface area contributed by atoms with E-state index in [-0.39, 0.29) is 0 Å². The second-order valence-corrected chi connectivity index (χ2v) is 5.32. The lowest BCUT2D eigenvalue weighted by molar-refractivity contribution is 0.297. The predicted molar refractivity (Wildman–Crippen MR) is 59.9 cm³/mol. The minimum Gasteiger partial charge on any atom is -0.339 e. The highest BCUT2D eigenvalue weighted by atomic mass is 16.5. The molecule has 0 bridgehead atoms. The van der Waals surface area contributed by atoms with Crippen molar-refractivity contribution in [2.24, 2.45) is 11.7 Å². The van der Waals surface area contributed by atoms with Crippen molar-refractivity contribution >= 4 is 0 Å². The van der Waals surface area contributed by atoms with Gasteiger partial charge in [-0.3, -0.25) is 0 Å². The lowest BCUT2D eigenvalue weighted by Gasteiger charge is -2.23. The standard InChI is InChI=1S/C12H19N3O/c13-10-3-1-2-9(7-10)12-14-11(15-16-12)6-8-4-5-8/h8-10H,1-7,13H2. The summed E-state index contributed by atoms with van der Waals surface area (Å²) >= 11 is 0. The van der Waals surface area contributed by atoms with Crippen molar-refractivity contribution in [3.8, 4) is 0 Å². The normalized spacial score (nSPS) is 30.6. The topological polar surface area (TPSA) is 64.9 Å². The first-order valence-corrected chi connectivity index (χ1v) is 6.39. The minimum absolute atomic E-state index is 0.317. The van der Waals surface area contributed by atoms with Gasteiger partial charge in [0, 0.05) is 18.4 Å². The Morgan fingerprint density at radius 1 is 1.25 bits per heavy atom. The maximum Gasteiger partial charge on any atom is 0.229 e. The van der Waals surface area contributed by atoms with Crippen molar-refractivity contribution in [1.82, 2.24) is 10.1 Å². The van der Waals surface area contributed by atoms with E-state index in [1.165, 1.54) is 19.3 Å². The van der Waals surface area contributed by atoms with E-state index in [1.54, 1.807) is 0 Å². The van der Waals surface area contributed by atoms with Gasteiger partial charge in [0.25, 0.3) is 0 Å². The number of nitrogens with zero attached hydrogens (tertiary/aromatic N) is 2. The summed E-state index contributed by atoms with van der Waals surface area (Å²) in [7, 11) is 0. The molecule has 0 amide bonds. The Hall–Kier alpha value is -0.900. The van der Waals surface area contributed by atoms with Crippen LogP contribution in [0.25, 0.3) is 0 Å². The minimum atomic E-state index is 0.317. The molecule has 2 saturated carbocycles. The van der Waals surface area contributed by atoms with Crippen molar-refractivity contribution < 1.29 is 4.52 Å². The van der Waals surface area contributed by atoms with Crippen molar-refractivity contribution in [3.05, 3.63) is 11.7 Å². The van der Waals surface area contributed by atoms with E-state index in [0.29, 0.717) is 12.0 Å². The van der Waals surface area contributed by atoms with E-state index in [1.807, 2.05) is 0 Å². The molecule has 88 valence electrons. The molecule has 0 saturated heterocycles. The molecule has 1 aromatic heterocycles. The van der Waals surface area contributed by atoms with Crippen LogP contribution in [0.2, 0.25) is 0 Å². The number of aromatic nitrogens is 2. The van der Waals surface area contributed by atoms with E-state index < -0.39 is 0 Å².